The second-order valence-electron chi connectivity index (χ2n) is 6.95. The minimum absolute atomic E-state index is 0.577. The Hall–Kier alpha value is -2.66. The zero-order valence-electron chi connectivity index (χ0n) is 16.0. The number of para-hydroxylation sites is 1. The molecular formula is C22H26N4O. The molecule has 1 fully saturated rings. The molecule has 1 saturated heterocycles. The highest BCUT2D eigenvalue weighted by Crippen LogP contribution is 2.27. The Balaban J connectivity index is 1.65. The molecule has 2 aromatic carbocycles. The van der Waals surface area contributed by atoms with Crippen molar-refractivity contribution in [3.05, 3.63) is 48.5 Å². The lowest BCUT2D eigenvalue weighted by Crippen LogP contribution is -2.34. The van der Waals surface area contributed by atoms with Crippen LogP contribution >= 0.6 is 0 Å². The van der Waals surface area contributed by atoms with Crippen LogP contribution in [0.3, 0.4) is 0 Å². The van der Waals surface area contributed by atoms with E-state index in [1.807, 2.05) is 42.5 Å². The monoisotopic (exact) mass is 362 g/mol. The number of rotatable bonds is 6. The Labute approximate surface area is 160 Å². The summed E-state index contributed by atoms with van der Waals surface area (Å²) in [6.45, 7) is 5.45. The predicted molar refractivity (Wildman–Crippen MR) is 110 cm³/mol. The number of hydrogen-bond acceptors (Lipinski definition) is 5. The number of nitrogens with one attached hydrogen (secondary N) is 1. The van der Waals surface area contributed by atoms with E-state index in [1.165, 1.54) is 19.4 Å². The fourth-order valence-electron chi connectivity index (χ4n) is 3.84. The molecule has 0 spiro atoms. The molecule has 1 aromatic heterocycles. The van der Waals surface area contributed by atoms with E-state index >= 15 is 0 Å². The fraction of sp³-hybridized carbons (Fsp3) is 0.364. The number of fused-ring (bicyclic) bond motifs is 1. The maximum Gasteiger partial charge on any atom is 0.162 e. The van der Waals surface area contributed by atoms with Gasteiger partial charge in [0.2, 0.25) is 0 Å². The molecular weight excluding hydrogens is 336 g/mol. The number of aromatic nitrogens is 2. The second-order valence-corrected chi connectivity index (χ2v) is 6.95. The van der Waals surface area contributed by atoms with E-state index in [0.717, 1.165) is 46.9 Å². The topological polar surface area (TPSA) is 50.3 Å². The van der Waals surface area contributed by atoms with E-state index in [9.17, 15) is 0 Å². The van der Waals surface area contributed by atoms with Crippen molar-refractivity contribution in [1.29, 1.82) is 0 Å². The maximum absolute atomic E-state index is 5.26. The number of hydrogen-bond donors (Lipinski definition) is 1. The molecule has 2 heterocycles. The Morgan fingerprint density at radius 3 is 2.70 bits per heavy atom. The molecule has 27 heavy (non-hydrogen) atoms. The molecule has 0 saturated carbocycles. The lowest BCUT2D eigenvalue weighted by molar-refractivity contribution is 0.277. The van der Waals surface area contributed by atoms with Crippen molar-refractivity contribution in [2.24, 2.45) is 0 Å². The van der Waals surface area contributed by atoms with E-state index in [0.29, 0.717) is 6.04 Å². The Kier molecular flexibility index (Phi) is 5.21. The minimum atomic E-state index is 0.577. The number of likely N-dealkylation sites (N-methyl/N-ethyl adjacent to an activating group) is 1. The number of ether oxygens (including phenoxy) is 1. The summed E-state index contributed by atoms with van der Waals surface area (Å²) < 4.78 is 5.26. The van der Waals surface area contributed by atoms with Crippen LogP contribution < -0.4 is 10.1 Å². The molecule has 5 nitrogen and oxygen atoms in total. The average Bonchev–Trinajstić information content (AvgIpc) is 3.19. The quantitative estimate of drug-likeness (QED) is 0.712. The Morgan fingerprint density at radius 2 is 1.93 bits per heavy atom. The van der Waals surface area contributed by atoms with Gasteiger partial charge in [0.15, 0.2) is 5.82 Å². The first-order valence-corrected chi connectivity index (χ1v) is 9.67. The lowest BCUT2D eigenvalue weighted by atomic mass is 10.1. The second kappa shape index (κ2) is 7.92. The van der Waals surface area contributed by atoms with E-state index in [-0.39, 0.29) is 0 Å². The standard InChI is InChI=1S/C22H26N4O/c1-3-26-14-6-7-17(26)15-23-22-19-8-4-5-9-20(19)24-21(25-22)16-10-12-18(27-2)13-11-16/h4-5,8-13,17H,3,6-7,14-15H2,1-2H3,(H,23,24,25). The normalized spacial score (nSPS) is 17.3. The van der Waals surface area contributed by atoms with Gasteiger partial charge in [0.25, 0.3) is 0 Å². The summed E-state index contributed by atoms with van der Waals surface area (Å²) in [4.78, 5) is 12.2. The smallest absolute Gasteiger partial charge is 0.162 e. The number of methoxy groups -OCH3 is 1. The predicted octanol–water partition coefficient (Wildman–Crippen LogP) is 4.20. The molecule has 0 aliphatic carbocycles. The van der Waals surface area contributed by atoms with Crippen LogP contribution in [0.25, 0.3) is 22.3 Å². The van der Waals surface area contributed by atoms with Crippen molar-refractivity contribution < 1.29 is 4.74 Å². The van der Waals surface area contributed by atoms with Crippen LogP contribution in [0.5, 0.6) is 5.75 Å². The SMILES string of the molecule is CCN1CCCC1CNc1nc(-c2ccc(OC)cc2)nc2ccccc12. The Morgan fingerprint density at radius 1 is 1.11 bits per heavy atom. The highest BCUT2D eigenvalue weighted by Gasteiger charge is 2.23. The van der Waals surface area contributed by atoms with Crippen molar-refractivity contribution in [2.75, 3.05) is 32.1 Å². The van der Waals surface area contributed by atoms with Gasteiger partial charge in [-0.05, 0) is 62.3 Å². The van der Waals surface area contributed by atoms with Gasteiger partial charge in [-0.25, -0.2) is 9.97 Å². The number of anilines is 1. The van der Waals surface area contributed by atoms with Gasteiger partial charge >= 0.3 is 0 Å². The average molecular weight is 362 g/mol. The molecule has 0 amide bonds. The number of likely N-dealkylation sites (tertiary alicyclic amines) is 1. The zero-order chi connectivity index (χ0) is 18.6. The van der Waals surface area contributed by atoms with Crippen molar-refractivity contribution in [3.8, 4) is 17.1 Å². The van der Waals surface area contributed by atoms with Crippen LogP contribution in [0, 0.1) is 0 Å². The molecule has 0 bridgehead atoms. The summed E-state index contributed by atoms with van der Waals surface area (Å²) in [5.41, 5.74) is 1.94. The molecule has 1 N–H and O–H groups in total. The largest absolute Gasteiger partial charge is 0.497 e. The molecule has 5 heteroatoms. The third-order valence-corrected chi connectivity index (χ3v) is 5.36. The van der Waals surface area contributed by atoms with E-state index in [2.05, 4.69) is 23.2 Å². The fourth-order valence-corrected chi connectivity index (χ4v) is 3.84. The van der Waals surface area contributed by atoms with Gasteiger partial charge in [0.1, 0.15) is 11.6 Å². The van der Waals surface area contributed by atoms with Crippen LogP contribution in [0.1, 0.15) is 19.8 Å². The van der Waals surface area contributed by atoms with Crippen LogP contribution in [-0.4, -0.2) is 47.7 Å². The third kappa shape index (κ3) is 3.74. The number of nitrogens with zero attached hydrogens (tertiary/aromatic N) is 3. The first kappa shape index (κ1) is 17.7. The minimum Gasteiger partial charge on any atom is -0.497 e. The molecule has 1 atom stereocenters. The molecule has 1 aliphatic heterocycles. The summed E-state index contributed by atoms with van der Waals surface area (Å²) in [7, 11) is 1.67. The van der Waals surface area contributed by atoms with Crippen molar-refractivity contribution >= 4 is 16.7 Å². The first-order chi connectivity index (χ1) is 13.3. The van der Waals surface area contributed by atoms with Crippen molar-refractivity contribution in [2.45, 2.75) is 25.8 Å². The Bertz CT molecular complexity index is 910. The molecule has 1 unspecified atom stereocenters. The van der Waals surface area contributed by atoms with E-state index in [4.69, 9.17) is 14.7 Å². The highest BCUT2D eigenvalue weighted by atomic mass is 16.5. The summed E-state index contributed by atoms with van der Waals surface area (Å²) in [5, 5.41) is 4.67. The highest BCUT2D eigenvalue weighted by molar-refractivity contribution is 5.90. The maximum atomic E-state index is 5.26. The van der Waals surface area contributed by atoms with Gasteiger partial charge in [0, 0.05) is 23.5 Å². The van der Waals surface area contributed by atoms with Crippen LogP contribution in [-0.2, 0) is 0 Å². The van der Waals surface area contributed by atoms with Gasteiger partial charge in [-0.3, -0.25) is 4.90 Å². The van der Waals surface area contributed by atoms with Gasteiger partial charge < -0.3 is 10.1 Å². The summed E-state index contributed by atoms with van der Waals surface area (Å²) in [6, 6.07) is 16.7. The van der Waals surface area contributed by atoms with Crippen LogP contribution in [0.15, 0.2) is 48.5 Å². The van der Waals surface area contributed by atoms with Gasteiger partial charge in [0.05, 0.1) is 12.6 Å². The lowest BCUT2D eigenvalue weighted by Gasteiger charge is -2.23. The van der Waals surface area contributed by atoms with Gasteiger partial charge in [-0.2, -0.15) is 0 Å². The van der Waals surface area contributed by atoms with Crippen molar-refractivity contribution in [1.82, 2.24) is 14.9 Å². The summed E-state index contributed by atoms with van der Waals surface area (Å²) >= 11 is 0. The first-order valence-electron chi connectivity index (χ1n) is 9.67. The molecule has 0 radical (unpaired) electrons. The number of benzene rings is 2. The van der Waals surface area contributed by atoms with Gasteiger partial charge in [-0.1, -0.05) is 19.1 Å². The molecule has 3 aromatic rings. The zero-order valence-corrected chi connectivity index (χ0v) is 16.0. The van der Waals surface area contributed by atoms with E-state index in [1.54, 1.807) is 7.11 Å². The van der Waals surface area contributed by atoms with E-state index < -0.39 is 0 Å². The van der Waals surface area contributed by atoms with Crippen LogP contribution in [0.4, 0.5) is 5.82 Å². The summed E-state index contributed by atoms with van der Waals surface area (Å²) in [5.74, 6) is 2.48. The molecule has 1 aliphatic rings. The van der Waals surface area contributed by atoms with Crippen molar-refractivity contribution in [3.63, 3.8) is 0 Å². The molecule has 140 valence electrons. The van der Waals surface area contributed by atoms with Crippen LogP contribution in [0.2, 0.25) is 0 Å². The third-order valence-electron chi connectivity index (χ3n) is 5.36. The molecule has 4 rings (SSSR count). The summed E-state index contributed by atoms with van der Waals surface area (Å²) in [6.07, 6.45) is 2.52. The van der Waals surface area contributed by atoms with Gasteiger partial charge in [-0.15, -0.1) is 0 Å².